The van der Waals surface area contributed by atoms with Gasteiger partial charge in [0, 0.05) is 6.07 Å². The van der Waals surface area contributed by atoms with E-state index in [0.29, 0.717) is 12.1 Å². The Bertz CT molecular complexity index is 807. The van der Waals surface area contributed by atoms with Crippen molar-refractivity contribution in [1.29, 1.82) is 0 Å². The lowest BCUT2D eigenvalue weighted by atomic mass is 10.2. The second kappa shape index (κ2) is 5.59. The number of aryl methyl sites for hydroxylation is 1. The fraction of sp³-hybridized carbons (Fsp3) is 0.267. The van der Waals surface area contributed by atoms with Crippen molar-refractivity contribution < 1.29 is 4.39 Å². The summed E-state index contributed by atoms with van der Waals surface area (Å²) in [6.07, 6.45) is 0. The third-order valence-electron chi connectivity index (χ3n) is 3.47. The monoisotopic (exact) mass is 342 g/mol. The first-order chi connectivity index (χ1) is 9.97. The number of imidazole rings is 1. The zero-order valence-corrected chi connectivity index (χ0v) is 13.9. The van der Waals surface area contributed by atoms with E-state index in [0.717, 1.165) is 11.3 Å². The minimum Gasteiger partial charge on any atom is -0.322 e. The van der Waals surface area contributed by atoms with Gasteiger partial charge in [-0.3, -0.25) is 0 Å². The minimum atomic E-state index is -0.464. The molecule has 0 fully saturated rings. The van der Waals surface area contributed by atoms with Gasteiger partial charge in [-0.15, -0.1) is 11.6 Å². The highest BCUT2D eigenvalue weighted by Gasteiger charge is 2.17. The van der Waals surface area contributed by atoms with Crippen LogP contribution in [-0.4, -0.2) is 9.55 Å². The van der Waals surface area contributed by atoms with Gasteiger partial charge < -0.3 is 4.57 Å². The predicted octanol–water partition coefficient (Wildman–Crippen LogP) is 5.55. The lowest BCUT2D eigenvalue weighted by Crippen LogP contribution is -2.06. The molecule has 0 aliphatic rings. The number of hydrogen-bond donors (Lipinski definition) is 0. The summed E-state index contributed by atoms with van der Waals surface area (Å²) in [6, 6.07) is 2.97. The summed E-state index contributed by atoms with van der Waals surface area (Å²) in [5.74, 6) is 0.258. The average Bonchev–Trinajstić information content (AvgIpc) is 2.97. The Kier molecular flexibility index (Phi) is 3.95. The second-order valence-electron chi connectivity index (χ2n) is 5.01. The van der Waals surface area contributed by atoms with Crippen molar-refractivity contribution in [1.82, 2.24) is 9.55 Å². The van der Waals surface area contributed by atoms with Crippen LogP contribution in [0.25, 0.3) is 11.0 Å². The third-order valence-corrected chi connectivity index (χ3v) is 4.86. The van der Waals surface area contributed by atoms with Gasteiger partial charge in [-0.25, -0.2) is 9.37 Å². The maximum absolute atomic E-state index is 13.6. The number of nitrogens with zero attached hydrogens (tertiary/aromatic N) is 2. The van der Waals surface area contributed by atoms with Gasteiger partial charge in [0.15, 0.2) is 0 Å². The van der Waals surface area contributed by atoms with Gasteiger partial charge in [-0.1, -0.05) is 11.6 Å². The molecule has 1 atom stereocenters. The molecule has 0 N–H and O–H groups in total. The molecule has 0 aliphatic heterocycles. The Balaban J connectivity index is 2.20. The Hall–Kier alpha value is -1.10. The second-order valence-corrected chi connectivity index (χ2v) is 6.81. The van der Waals surface area contributed by atoms with Crippen molar-refractivity contribution in [3.63, 3.8) is 0 Å². The minimum absolute atomic E-state index is 0.0967. The van der Waals surface area contributed by atoms with Crippen molar-refractivity contribution in [3.8, 4) is 0 Å². The van der Waals surface area contributed by atoms with Crippen molar-refractivity contribution in [3.05, 3.63) is 50.7 Å². The summed E-state index contributed by atoms with van der Waals surface area (Å²) in [4.78, 5) is 4.46. The maximum atomic E-state index is 13.6. The van der Waals surface area contributed by atoms with Crippen LogP contribution in [0.1, 0.15) is 29.3 Å². The molecule has 6 heteroatoms. The molecule has 3 rings (SSSR count). The normalized spacial score (nSPS) is 13.0. The highest BCUT2D eigenvalue weighted by Crippen LogP contribution is 2.29. The van der Waals surface area contributed by atoms with Crippen LogP contribution in [0.5, 0.6) is 0 Å². The Morgan fingerprint density at radius 3 is 2.76 bits per heavy atom. The molecule has 2 nitrogen and oxygen atoms in total. The molecule has 1 unspecified atom stereocenters. The number of alkyl halides is 1. The fourth-order valence-electron chi connectivity index (χ4n) is 2.33. The molecule has 0 spiro atoms. The Morgan fingerprint density at radius 2 is 2.14 bits per heavy atom. The largest absolute Gasteiger partial charge is 0.322 e. The molecular weight excluding hydrogens is 330 g/mol. The van der Waals surface area contributed by atoms with Crippen LogP contribution in [0.4, 0.5) is 4.39 Å². The van der Waals surface area contributed by atoms with Gasteiger partial charge in [0.25, 0.3) is 0 Å². The summed E-state index contributed by atoms with van der Waals surface area (Å²) >= 11 is 13.8. The van der Waals surface area contributed by atoms with Gasteiger partial charge >= 0.3 is 0 Å². The standard InChI is InChI=1S/C15H13Cl2FN2S/c1-8-6-21-7-10(8)5-20-14-3-11(17)12(18)4-13(14)19-15(20)9(2)16/h3-4,6-7,9H,5H2,1-2H3. The molecule has 110 valence electrons. The summed E-state index contributed by atoms with van der Waals surface area (Å²) < 4.78 is 15.6. The number of aromatic nitrogens is 2. The molecule has 0 saturated carbocycles. The molecule has 2 aromatic heterocycles. The van der Waals surface area contributed by atoms with Crippen molar-refractivity contribution >= 4 is 45.6 Å². The van der Waals surface area contributed by atoms with Crippen LogP contribution in [0.15, 0.2) is 22.9 Å². The van der Waals surface area contributed by atoms with E-state index in [1.165, 1.54) is 17.2 Å². The molecule has 21 heavy (non-hydrogen) atoms. The van der Waals surface area contributed by atoms with Crippen LogP contribution in [0, 0.1) is 12.7 Å². The van der Waals surface area contributed by atoms with E-state index in [2.05, 4.69) is 22.7 Å². The Labute approximate surface area is 136 Å². The highest BCUT2D eigenvalue weighted by atomic mass is 35.5. The summed E-state index contributed by atoms with van der Waals surface area (Å²) in [7, 11) is 0. The van der Waals surface area contributed by atoms with E-state index in [9.17, 15) is 4.39 Å². The van der Waals surface area contributed by atoms with Gasteiger partial charge in [0.05, 0.1) is 28.0 Å². The number of hydrogen-bond acceptors (Lipinski definition) is 2. The molecule has 1 aromatic carbocycles. The SMILES string of the molecule is Cc1cscc1Cn1c(C(C)Cl)nc2cc(F)c(Cl)cc21. The average molecular weight is 343 g/mol. The summed E-state index contributed by atoms with van der Waals surface area (Å²) in [6.45, 7) is 4.58. The van der Waals surface area contributed by atoms with Gasteiger partial charge in [-0.05, 0) is 41.8 Å². The molecule has 0 saturated heterocycles. The summed E-state index contributed by atoms with van der Waals surface area (Å²) in [5.41, 5.74) is 3.81. The van der Waals surface area contributed by atoms with Crippen molar-refractivity contribution in [2.75, 3.05) is 0 Å². The number of halogens is 3. The van der Waals surface area contributed by atoms with Gasteiger partial charge in [-0.2, -0.15) is 11.3 Å². The van der Waals surface area contributed by atoms with Gasteiger partial charge in [0.1, 0.15) is 11.6 Å². The van der Waals surface area contributed by atoms with E-state index >= 15 is 0 Å². The van der Waals surface area contributed by atoms with Crippen molar-refractivity contribution in [2.24, 2.45) is 0 Å². The topological polar surface area (TPSA) is 17.8 Å². The van der Waals surface area contributed by atoms with Crippen LogP contribution < -0.4 is 0 Å². The van der Waals surface area contributed by atoms with E-state index < -0.39 is 5.82 Å². The molecule has 0 radical (unpaired) electrons. The number of benzene rings is 1. The zero-order chi connectivity index (χ0) is 15.1. The molecule has 0 aliphatic carbocycles. The third kappa shape index (κ3) is 2.68. The smallest absolute Gasteiger partial charge is 0.144 e. The fourth-order valence-corrected chi connectivity index (χ4v) is 3.50. The Morgan fingerprint density at radius 1 is 1.38 bits per heavy atom. The molecule has 0 amide bonds. The van der Waals surface area contributed by atoms with E-state index in [1.807, 2.05) is 11.5 Å². The van der Waals surface area contributed by atoms with Crippen LogP contribution in [-0.2, 0) is 6.54 Å². The van der Waals surface area contributed by atoms with Crippen LogP contribution in [0.2, 0.25) is 5.02 Å². The zero-order valence-electron chi connectivity index (χ0n) is 11.5. The lowest BCUT2D eigenvalue weighted by molar-refractivity contribution is 0.629. The first kappa shape index (κ1) is 14.8. The molecule has 3 aromatic rings. The van der Waals surface area contributed by atoms with Gasteiger partial charge in [0.2, 0.25) is 0 Å². The van der Waals surface area contributed by atoms with Crippen LogP contribution in [0.3, 0.4) is 0 Å². The first-order valence-electron chi connectivity index (χ1n) is 6.48. The molecule has 0 bridgehead atoms. The highest BCUT2D eigenvalue weighted by molar-refractivity contribution is 7.08. The van der Waals surface area contributed by atoms with E-state index in [1.54, 1.807) is 17.4 Å². The first-order valence-corrected chi connectivity index (χ1v) is 8.24. The molecule has 2 heterocycles. The maximum Gasteiger partial charge on any atom is 0.144 e. The lowest BCUT2D eigenvalue weighted by Gasteiger charge is -2.10. The number of thiophene rings is 1. The van der Waals surface area contributed by atoms with Crippen molar-refractivity contribution in [2.45, 2.75) is 25.8 Å². The number of rotatable bonds is 3. The summed E-state index contributed by atoms with van der Waals surface area (Å²) in [5, 5.41) is 4.04. The molecular formula is C15H13Cl2FN2S. The van der Waals surface area contributed by atoms with E-state index in [4.69, 9.17) is 23.2 Å². The van der Waals surface area contributed by atoms with Crippen LogP contribution >= 0.6 is 34.5 Å². The van der Waals surface area contributed by atoms with E-state index in [-0.39, 0.29) is 10.4 Å². The number of fused-ring (bicyclic) bond motifs is 1. The predicted molar refractivity (Wildman–Crippen MR) is 87.1 cm³/mol. The quantitative estimate of drug-likeness (QED) is 0.571.